The third-order valence-electron chi connectivity index (χ3n) is 3.14. The van der Waals surface area contributed by atoms with Crippen LogP contribution in [0.1, 0.15) is 44.0 Å². The van der Waals surface area contributed by atoms with Gasteiger partial charge in [-0.05, 0) is 33.6 Å². The lowest BCUT2D eigenvalue weighted by molar-refractivity contribution is -0.159. The lowest BCUT2D eigenvalue weighted by Gasteiger charge is -2.27. The van der Waals surface area contributed by atoms with Gasteiger partial charge < -0.3 is 9.64 Å². The van der Waals surface area contributed by atoms with Gasteiger partial charge in [-0.2, -0.15) is 5.10 Å². The number of carbonyl (C=O) groups excluding carboxylic acids is 2. The number of aromatic nitrogens is 2. The third-order valence-corrected chi connectivity index (χ3v) is 3.14. The summed E-state index contributed by atoms with van der Waals surface area (Å²) in [6.07, 6.45) is 4.65. The van der Waals surface area contributed by atoms with E-state index in [2.05, 4.69) is 5.10 Å². The zero-order chi connectivity index (χ0) is 14.9. The Morgan fingerprint density at radius 2 is 2.10 bits per heavy atom. The summed E-state index contributed by atoms with van der Waals surface area (Å²) >= 11 is 0. The van der Waals surface area contributed by atoms with E-state index in [0.717, 1.165) is 6.42 Å². The number of carbonyl (C=O) groups is 2. The number of aryl methyl sites for hydroxylation is 1. The second-order valence-electron chi connectivity index (χ2n) is 6.09. The number of esters is 1. The highest BCUT2D eigenvalue weighted by Crippen LogP contribution is 2.23. The fourth-order valence-corrected chi connectivity index (χ4v) is 2.32. The molecule has 0 aromatic carbocycles. The first-order valence-electron chi connectivity index (χ1n) is 6.80. The van der Waals surface area contributed by atoms with Crippen molar-refractivity contribution in [2.24, 2.45) is 7.05 Å². The molecule has 1 atom stereocenters. The van der Waals surface area contributed by atoms with Gasteiger partial charge in [-0.15, -0.1) is 0 Å². The maximum Gasteiger partial charge on any atom is 0.329 e. The van der Waals surface area contributed by atoms with E-state index in [1.807, 2.05) is 20.8 Å². The lowest BCUT2D eigenvalue weighted by Crippen LogP contribution is -2.43. The predicted molar refractivity (Wildman–Crippen MR) is 73.1 cm³/mol. The van der Waals surface area contributed by atoms with Crippen LogP contribution in [0.2, 0.25) is 0 Å². The fraction of sp³-hybridized carbons (Fsp3) is 0.643. The van der Waals surface area contributed by atoms with Gasteiger partial charge in [0.25, 0.3) is 5.91 Å². The fourth-order valence-electron chi connectivity index (χ4n) is 2.32. The summed E-state index contributed by atoms with van der Waals surface area (Å²) < 4.78 is 6.96. The smallest absolute Gasteiger partial charge is 0.329 e. The van der Waals surface area contributed by atoms with Gasteiger partial charge in [-0.1, -0.05) is 0 Å². The van der Waals surface area contributed by atoms with Crippen LogP contribution in [0, 0.1) is 0 Å². The molecule has 0 saturated carbocycles. The molecule has 1 aliphatic rings. The quantitative estimate of drug-likeness (QED) is 0.767. The standard InChI is InChI=1S/C14H21N3O3/c1-14(2,3)20-13(19)11-6-5-7-17(11)12(18)10-8-15-16(4)9-10/h8-9,11H,5-7H2,1-4H3/t11-/m0/s1. The minimum Gasteiger partial charge on any atom is -0.458 e. The molecule has 1 amide bonds. The molecule has 0 bridgehead atoms. The monoisotopic (exact) mass is 279 g/mol. The van der Waals surface area contributed by atoms with Gasteiger partial charge in [0.1, 0.15) is 11.6 Å². The number of likely N-dealkylation sites (tertiary alicyclic amines) is 1. The van der Waals surface area contributed by atoms with E-state index >= 15 is 0 Å². The molecule has 1 aromatic rings. The largest absolute Gasteiger partial charge is 0.458 e. The minimum absolute atomic E-state index is 0.161. The van der Waals surface area contributed by atoms with Crippen molar-refractivity contribution in [2.75, 3.05) is 6.54 Å². The SMILES string of the molecule is Cn1cc(C(=O)N2CCC[C@H]2C(=O)OC(C)(C)C)cn1. The average Bonchev–Trinajstić information content (AvgIpc) is 2.93. The average molecular weight is 279 g/mol. The van der Waals surface area contributed by atoms with Crippen LogP contribution in [0.3, 0.4) is 0 Å². The van der Waals surface area contributed by atoms with Gasteiger partial charge in [0.05, 0.1) is 11.8 Å². The molecule has 0 unspecified atom stereocenters. The summed E-state index contributed by atoms with van der Waals surface area (Å²) in [5.74, 6) is -0.487. The van der Waals surface area contributed by atoms with E-state index in [0.29, 0.717) is 18.5 Å². The van der Waals surface area contributed by atoms with Crippen LogP contribution in [0.25, 0.3) is 0 Å². The van der Waals surface area contributed by atoms with Crippen LogP contribution in [0.15, 0.2) is 12.4 Å². The number of ether oxygens (including phenoxy) is 1. The normalized spacial score (nSPS) is 19.2. The Labute approximate surface area is 118 Å². The summed E-state index contributed by atoms with van der Waals surface area (Å²) in [7, 11) is 1.76. The van der Waals surface area contributed by atoms with Crippen molar-refractivity contribution in [3.05, 3.63) is 18.0 Å². The van der Waals surface area contributed by atoms with Crippen LogP contribution in [-0.2, 0) is 16.6 Å². The van der Waals surface area contributed by atoms with Crippen LogP contribution in [0.5, 0.6) is 0 Å². The van der Waals surface area contributed by atoms with Crippen molar-refractivity contribution < 1.29 is 14.3 Å². The molecule has 110 valence electrons. The van der Waals surface area contributed by atoms with E-state index in [9.17, 15) is 9.59 Å². The topological polar surface area (TPSA) is 64.4 Å². The van der Waals surface area contributed by atoms with Crippen LogP contribution in [0.4, 0.5) is 0 Å². The second-order valence-corrected chi connectivity index (χ2v) is 6.09. The highest BCUT2D eigenvalue weighted by atomic mass is 16.6. The number of nitrogens with zero attached hydrogens (tertiary/aromatic N) is 3. The Hall–Kier alpha value is -1.85. The summed E-state index contributed by atoms with van der Waals surface area (Å²) in [5.41, 5.74) is -0.0363. The third kappa shape index (κ3) is 3.18. The van der Waals surface area contributed by atoms with E-state index in [4.69, 9.17) is 4.74 Å². The van der Waals surface area contributed by atoms with Crippen molar-refractivity contribution in [2.45, 2.75) is 45.3 Å². The molecule has 2 rings (SSSR count). The molecular weight excluding hydrogens is 258 g/mol. The molecule has 0 radical (unpaired) electrons. The van der Waals surface area contributed by atoms with Crippen molar-refractivity contribution in [3.63, 3.8) is 0 Å². The summed E-state index contributed by atoms with van der Waals surface area (Å²) in [6, 6.07) is -0.484. The first-order chi connectivity index (χ1) is 9.28. The van der Waals surface area contributed by atoms with Crippen molar-refractivity contribution in [1.29, 1.82) is 0 Å². The molecule has 1 aromatic heterocycles. The molecule has 1 fully saturated rings. The van der Waals surface area contributed by atoms with Crippen LogP contribution < -0.4 is 0 Å². The summed E-state index contributed by atoms with van der Waals surface area (Å²) in [5, 5.41) is 3.99. The van der Waals surface area contributed by atoms with Crippen molar-refractivity contribution >= 4 is 11.9 Å². The Bertz CT molecular complexity index is 516. The highest BCUT2D eigenvalue weighted by Gasteiger charge is 2.37. The molecular formula is C14H21N3O3. The number of hydrogen-bond donors (Lipinski definition) is 0. The van der Waals surface area contributed by atoms with Crippen LogP contribution >= 0.6 is 0 Å². The first-order valence-corrected chi connectivity index (χ1v) is 6.80. The molecule has 0 aliphatic carbocycles. The van der Waals surface area contributed by atoms with Gasteiger partial charge in [0.15, 0.2) is 0 Å². The number of amides is 1. The first kappa shape index (κ1) is 14.6. The van der Waals surface area contributed by atoms with E-state index in [1.54, 1.807) is 22.8 Å². The molecule has 2 heterocycles. The lowest BCUT2D eigenvalue weighted by atomic mass is 10.1. The van der Waals surface area contributed by atoms with E-state index in [1.165, 1.54) is 6.20 Å². The maximum absolute atomic E-state index is 12.4. The minimum atomic E-state index is -0.539. The van der Waals surface area contributed by atoms with Gasteiger partial charge in [-0.3, -0.25) is 9.48 Å². The van der Waals surface area contributed by atoms with Crippen molar-refractivity contribution in [1.82, 2.24) is 14.7 Å². The summed E-state index contributed by atoms with van der Waals surface area (Å²) in [6.45, 7) is 6.06. The zero-order valence-electron chi connectivity index (χ0n) is 12.4. The van der Waals surface area contributed by atoms with E-state index < -0.39 is 11.6 Å². The van der Waals surface area contributed by atoms with Gasteiger partial charge in [0.2, 0.25) is 0 Å². The molecule has 6 nitrogen and oxygen atoms in total. The molecule has 1 saturated heterocycles. The number of rotatable bonds is 2. The molecule has 1 aliphatic heterocycles. The highest BCUT2D eigenvalue weighted by molar-refractivity contribution is 5.96. The Morgan fingerprint density at radius 3 is 2.65 bits per heavy atom. The zero-order valence-corrected chi connectivity index (χ0v) is 12.4. The Balaban J connectivity index is 2.11. The molecule has 6 heteroatoms. The van der Waals surface area contributed by atoms with Gasteiger partial charge in [0, 0.05) is 19.8 Å². The second kappa shape index (κ2) is 5.26. The molecule has 0 N–H and O–H groups in total. The number of hydrogen-bond acceptors (Lipinski definition) is 4. The molecule has 0 spiro atoms. The maximum atomic E-state index is 12.4. The predicted octanol–water partition coefficient (Wildman–Crippen LogP) is 1.37. The summed E-state index contributed by atoms with van der Waals surface area (Å²) in [4.78, 5) is 26.2. The van der Waals surface area contributed by atoms with Gasteiger partial charge in [-0.25, -0.2) is 4.79 Å². The van der Waals surface area contributed by atoms with Crippen molar-refractivity contribution in [3.8, 4) is 0 Å². The molecule has 20 heavy (non-hydrogen) atoms. The van der Waals surface area contributed by atoms with E-state index in [-0.39, 0.29) is 11.9 Å². The Morgan fingerprint density at radius 1 is 1.40 bits per heavy atom. The Kier molecular flexibility index (Phi) is 3.83. The van der Waals surface area contributed by atoms with Crippen LogP contribution in [-0.4, -0.2) is 44.7 Å². The van der Waals surface area contributed by atoms with Gasteiger partial charge >= 0.3 is 5.97 Å².